The average Bonchev–Trinajstić information content (AvgIpc) is 3.17. The molecule has 0 saturated carbocycles. The van der Waals surface area contributed by atoms with Crippen LogP contribution < -0.4 is 9.47 Å². The number of nitrogens with zero attached hydrogens (tertiary/aromatic N) is 2. The van der Waals surface area contributed by atoms with Crippen LogP contribution in [-0.2, 0) is 11.3 Å². The van der Waals surface area contributed by atoms with Crippen LogP contribution in [0.1, 0.15) is 11.1 Å². The van der Waals surface area contributed by atoms with Crippen molar-refractivity contribution in [3.8, 4) is 11.5 Å². The Kier molecular flexibility index (Phi) is 3.89. The van der Waals surface area contributed by atoms with Gasteiger partial charge in [0, 0.05) is 7.05 Å². The Balaban J connectivity index is 1.62. The van der Waals surface area contributed by atoms with Gasteiger partial charge in [0.15, 0.2) is 16.6 Å². The number of hydrogen-bond donors (Lipinski definition) is 0. The molecule has 0 N–H and O–H groups in total. The molecule has 0 radical (unpaired) electrons. The van der Waals surface area contributed by atoms with Crippen LogP contribution in [0.2, 0.25) is 0 Å². The topological polar surface area (TPSA) is 42.0 Å². The Labute approximate surface area is 151 Å². The van der Waals surface area contributed by atoms with Gasteiger partial charge in [0.05, 0.1) is 6.54 Å². The molecule has 1 fully saturated rings. The summed E-state index contributed by atoms with van der Waals surface area (Å²) in [5.74, 6) is 1.30. The molecule has 126 valence electrons. The summed E-state index contributed by atoms with van der Waals surface area (Å²) in [7, 11) is 1.81. The van der Waals surface area contributed by atoms with Crippen LogP contribution in [-0.4, -0.2) is 34.7 Å². The third kappa shape index (κ3) is 2.85. The number of likely N-dealkylation sites (N-methyl/N-ethyl adjacent to an activating group) is 1. The second-order valence-electron chi connectivity index (χ2n) is 5.86. The smallest absolute Gasteiger partial charge is 0.277 e. The fourth-order valence-electron chi connectivity index (χ4n) is 2.88. The summed E-state index contributed by atoms with van der Waals surface area (Å²) in [4.78, 5) is 16.2. The van der Waals surface area contributed by atoms with Crippen LogP contribution >= 0.6 is 12.2 Å². The number of fused-ring (bicyclic) bond motifs is 1. The van der Waals surface area contributed by atoms with E-state index in [4.69, 9.17) is 21.7 Å². The van der Waals surface area contributed by atoms with Crippen molar-refractivity contribution in [2.45, 2.75) is 6.54 Å². The lowest BCUT2D eigenvalue weighted by Crippen LogP contribution is -2.30. The zero-order chi connectivity index (χ0) is 17.4. The second-order valence-corrected chi connectivity index (χ2v) is 6.23. The SMILES string of the molecule is CN1C(=S)N(Cc2ccccc2)C(=O)/C1=C/c1ccc2c(c1)OCO2. The molecule has 2 aromatic carbocycles. The first-order valence-electron chi connectivity index (χ1n) is 7.88. The molecule has 2 aliphatic rings. The first kappa shape index (κ1) is 15.7. The number of carbonyl (C=O) groups excluding carboxylic acids is 1. The van der Waals surface area contributed by atoms with Crippen LogP contribution in [0.25, 0.3) is 6.08 Å². The highest BCUT2D eigenvalue weighted by atomic mass is 32.1. The van der Waals surface area contributed by atoms with Gasteiger partial charge in [-0.05, 0) is 41.6 Å². The van der Waals surface area contributed by atoms with E-state index in [-0.39, 0.29) is 12.7 Å². The lowest BCUT2D eigenvalue weighted by molar-refractivity contribution is -0.122. The predicted octanol–water partition coefficient (Wildman–Crippen LogP) is 3.02. The molecule has 2 aliphatic heterocycles. The van der Waals surface area contributed by atoms with Gasteiger partial charge in [-0.15, -0.1) is 0 Å². The summed E-state index contributed by atoms with van der Waals surface area (Å²) >= 11 is 5.46. The highest BCUT2D eigenvalue weighted by Gasteiger charge is 2.35. The first-order chi connectivity index (χ1) is 12.1. The zero-order valence-electron chi connectivity index (χ0n) is 13.6. The van der Waals surface area contributed by atoms with E-state index in [0.29, 0.717) is 23.1 Å². The maximum atomic E-state index is 12.8. The zero-order valence-corrected chi connectivity index (χ0v) is 14.5. The minimum absolute atomic E-state index is 0.103. The Morgan fingerprint density at radius 3 is 2.68 bits per heavy atom. The Morgan fingerprint density at radius 2 is 1.88 bits per heavy atom. The molecule has 5 nitrogen and oxygen atoms in total. The molecule has 0 aliphatic carbocycles. The van der Waals surface area contributed by atoms with E-state index in [1.165, 1.54) is 0 Å². The minimum Gasteiger partial charge on any atom is -0.454 e. The van der Waals surface area contributed by atoms with Crippen molar-refractivity contribution in [1.82, 2.24) is 9.80 Å². The Bertz CT molecular complexity index is 879. The average molecular weight is 352 g/mol. The molecular weight excluding hydrogens is 336 g/mol. The molecule has 0 aromatic heterocycles. The molecule has 0 spiro atoms. The maximum Gasteiger partial charge on any atom is 0.277 e. The molecule has 4 rings (SSSR count). The van der Waals surface area contributed by atoms with E-state index >= 15 is 0 Å². The van der Waals surface area contributed by atoms with Gasteiger partial charge in [-0.3, -0.25) is 9.69 Å². The number of hydrogen-bond acceptors (Lipinski definition) is 4. The summed E-state index contributed by atoms with van der Waals surface area (Å²) in [5.41, 5.74) is 2.44. The molecule has 25 heavy (non-hydrogen) atoms. The highest BCUT2D eigenvalue weighted by Crippen LogP contribution is 2.34. The van der Waals surface area contributed by atoms with Crippen molar-refractivity contribution >= 4 is 29.3 Å². The number of carbonyl (C=O) groups is 1. The second kappa shape index (κ2) is 6.22. The Hall–Kier alpha value is -2.86. The molecule has 6 heteroatoms. The predicted molar refractivity (Wildman–Crippen MR) is 97.9 cm³/mol. The van der Waals surface area contributed by atoms with Crippen molar-refractivity contribution < 1.29 is 14.3 Å². The number of thiocarbonyl (C=S) groups is 1. The number of ether oxygens (including phenoxy) is 2. The van der Waals surface area contributed by atoms with Gasteiger partial charge in [0.25, 0.3) is 5.91 Å². The first-order valence-corrected chi connectivity index (χ1v) is 8.29. The highest BCUT2D eigenvalue weighted by molar-refractivity contribution is 7.80. The van der Waals surface area contributed by atoms with Gasteiger partial charge < -0.3 is 14.4 Å². The van der Waals surface area contributed by atoms with Gasteiger partial charge in [-0.25, -0.2) is 0 Å². The Morgan fingerprint density at radius 1 is 1.12 bits per heavy atom. The van der Waals surface area contributed by atoms with E-state index < -0.39 is 0 Å². The number of benzene rings is 2. The molecule has 2 aromatic rings. The molecule has 0 atom stereocenters. The molecule has 2 heterocycles. The fraction of sp³-hybridized carbons (Fsp3) is 0.158. The molecule has 1 amide bonds. The maximum absolute atomic E-state index is 12.8. The quantitative estimate of drug-likeness (QED) is 0.627. The van der Waals surface area contributed by atoms with E-state index in [2.05, 4.69) is 0 Å². The summed E-state index contributed by atoms with van der Waals surface area (Å²) < 4.78 is 10.7. The van der Waals surface area contributed by atoms with Gasteiger partial charge in [-0.2, -0.15) is 0 Å². The van der Waals surface area contributed by atoms with Crippen molar-refractivity contribution in [2.75, 3.05) is 13.8 Å². The van der Waals surface area contributed by atoms with E-state index in [1.807, 2.05) is 61.7 Å². The normalized spacial score (nSPS) is 17.7. The van der Waals surface area contributed by atoms with Gasteiger partial charge in [0.1, 0.15) is 5.70 Å². The van der Waals surface area contributed by atoms with Crippen LogP contribution in [0.5, 0.6) is 11.5 Å². The number of amides is 1. The van der Waals surface area contributed by atoms with Gasteiger partial charge >= 0.3 is 0 Å². The summed E-state index contributed by atoms with van der Waals surface area (Å²) in [6.07, 6.45) is 1.82. The lowest BCUT2D eigenvalue weighted by atomic mass is 10.1. The van der Waals surface area contributed by atoms with Crippen LogP contribution in [0, 0.1) is 0 Å². The van der Waals surface area contributed by atoms with Crippen LogP contribution in [0.4, 0.5) is 0 Å². The van der Waals surface area contributed by atoms with Gasteiger partial charge in [0.2, 0.25) is 6.79 Å². The van der Waals surface area contributed by atoms with E-state index in [9.17, 15) is 4.79 Å². The lowest BCUT2D eigenvalue weighted by Gasteiger charge is -2.16. The standard InChI is InChI=1S/C19H16N2O3S/c1-20-15(9-14-7-8-16-17(10-14)24-12-23-16)18(22)21(19(20)25)11-13-5-3-2-4-6-13/h2-10H,11-12H2,1H3/b15-9-. The third-order valence-electron chi connectivity index (χ3n) is 4.23. The van der Waals surface area contributed by atoms with Gasteiger partial charge in [-0.1, -0.05) is 36.4 Å². The molecule has 0 unspecified atom stereocenters. The van der Waals surface area contributed by atoms with Crippen LogP contribution in [0.3, 0.4) is 0 Å². The summed E-state index contributed by atoms with van der Waals surface area (Å²) in [5, 5.41) is 0.501. The summed E-state index contributed by atoms with van der Waals surface area (Å²) in [6.45, 7) is 0.685. The van der Waals surface area contributed by atoms with E-state index in [0.717, 1.165) is 16.9 Å². The molecule has 1 saturated heterocycles. The molecule has 0 bridgehead atoms. The van der Waals surface area contributed by atoms with Crippen LogP contribution in [0.15, 0.2) is 54.2 Å². The monoisotopic (exact) mass is 352 g/mol. The van der Waals surface area contributed by atoms with Crippen molar-refractivity contribution in [1.29, 1.82) is 0 Å². The molecular formula is C19H16N2O3S. The minimum atomic E-state index is -0.103. The largest absolute Gasteiger partial charge is 0.454 e. The van der Waals surface area contributed by atoms with Crippen molar-refractivity contribution in [3.05, 3.63) is 65.4 Å². The third-order valence-corrected chi connectivity index (χ3v) is 4.72. The fourth-order valence-corrected chi connectivity index (χ4v) is 3.12. The van der Waals surface area contributed by atoms with Crippen molar-refractivity contribution in [3.63, 3.8) is 0 Å². The number of rotatable bonds is 3. The van der Waals surface area contributed by atoms with Crippen molar-refractivity contribution in [2.24, 2.45) is 0 Å². The summed E-state index contributed by atoms with van der Waals surface area (Å²) in [6, 6.07) is 15.4. The van der Waals surface area contributed by atoms with E-state index in [1.54, 1.807) is 9.80 Å².